The number of rotatable bonds is 5. The highest BCUT2D eigenvalue weighted by atomic mass is 19.1. The molecule has 0 saturated heterocycles. The third-order valence-electron chi connectivity index (χ3n) is 2.89. The maximum Gasteiger partial charge on any atom is 0.412 e. The minimum Gasteiger partial charge on any atom is -0.444 e. The van der Waals surface area contributed by atoms with Crippen LogP contribution in [0, 0.1) is 5.82 Å². The number of amides is 1. The van der Waals surface area contributed by atoms with Crippen LogP contribution in [0.1, 0.15) is 17.4 Å². The molecule has 1 heterocycles. The number of pyridine rings is 1. The molecule has 1 aromatic carbocycles. The van der Waals surface area contributed by atoms with Crippen molar-refractivity contribution in [3.63, 3.8) is 0 Å². The Balaban J connectivity index is 1.99. The maximum atomic E-state index is 13.6. The van der Waals surface area contributed by atoms with Gasteiger partial charge in [0, 0.05) is 6.54 Å². The Bertz CT molecular complexity index is 637. The van der Waals surface area contributed by atoms with Gasteiger partial charge >= 0.3 is 6.09 Å². The number of halogens is 1. The fraction of sp³-hybridized carbons (Fsp3) is 0.200. The molecule has 1 atom stereocenters. The number of carbonyl (C=O) groups is 1. The predicted molar refractivity (Wildman–Crippen MR) is 78.5 cm³/mol. The Morgan fingerprint density at radius 1 is 1.41 bits per heavy atom. The molecule has 22 heavy (non-hydrogen) atoms. The van der Waals surface area contributed by atoms with Gasteiger partial charge in [-0.05, 0) is 11.6 Å². The summed E-state index contributed by atoms with van der Waals surface area (Å²) in [5.41, 5.74) is 6.16. The van der Waals surface area contributed by atoms with Crippen molar-refractivity contribution in [3.8, 4) is 0 Å². The fourth-order valence-corrected chi connectivity index (χ4v) is 1.72. The van der Waals surface area contributed by atoms with Crippen LogP contribution in [0.5, 0.6) is 0 Å². The molecule has 1 aromatic heterocycles. The number of hydrogen-bond donors (Lipinski definition) is 3. The zero-order valence-corrected chi connectivity index (χ0v) is 11.7. The van der Waals surface area contributed by atoms with Gasteiger partial charge in [0.05, 0.1) is 17.6 Å². The van der Waals surface area contributed by atoms with Gasteiger partial charge in [0.1, 0.15) is 12.7 Å². The first-order valence-corrected chi connectivity index (χ1v) is 6.61. The van der Waals surface area contributed by atoms with Crippen LogP contribution in [-0.4, -0.2) is 22.7 Å². The number of nitrogens with one attached hydrogen (secondary N) is 1. The van der Waals surface area contributed by atoms with Crippen molar-refractivity contribution < 1.29 is 19.0 Å². The van der Waals surface area contributed by atoms with Crippen molar-refractivity contribution in [3.05, 3.63) is 59.7 Å². The number of aliphatic hydroxyl groups is 1. The topological polar surface area (TPSA) is 97.5 Å². The van der Waals surface area contributed by atoms with E-state index in [0.717, 1.165) is 11.8 Å². The SMILES string of the molecule is NCC(O)c1cc(NC(=O)OCc2ccccc2)c(F)cn1. The molecule has 0 fully saturated rings. The summed E-state index contributed by atoms with van der Waals surface area (Å²) in [4.78, 5) is 15.4. The van der Waals surface area contributed by atoms with Crippen molar-refractivity contribution in [1.82, 2.24) is 4.98 Å². The van der Waals surface area contributed by atoms with Gasteiger partial charge in [-0.25, -0.2) is 9.18 Å². The van der Waals surface area contributed by atoms with Gasteiger partial charge in [-0.2, -0.15) is 0 Å². The van der Waals surface area contributed by atoms with Gasteiger partial charge in [0.25, 0.3) is 0 Å². The smallest absolute Gasteiger partial charge is 0.412 e. The molecule has 7 heteroatoms. The van der Waals surface area contributed by atoms with Crippen LogP contribution in [0.2, 0.25) is 0 Å². The van der Waals surface area contributed by atoms with Crippen molar-refractivity contribution in [2.75, 3.05) is 11.9 Å². The number of carbonyl (C=O) groups excluding carboxylic acids is 1. The lowest BCUT2D eigenvalue weighted by Crippen LogP contribution is -2.17. The van der Waals surface area contributed by atoms with E-state index in [9.17, 15) is 14.3 Å². The van der Waals surface area contributed by atoms with Crippen LogP contribution in [0.15, 0.2) is 42.6 Å². The number of anilines is 1. The molecular formula is C15H16FN3O3. The number of nitrogens with two attached hydrogens (primary N) is 1. The van der Waals surface area contributed by atoms with Crippen LogP contribution in [0.25, 0.3) is 0 Å². The second kappa shape index (κ2) is 7.48. The molecule has 0 aliphatic carbocycles. The van der Waals surface area contributed by atoms with Gasteiger partial charge in [0.2, 0.25) is 0 Å². The number of benzene rings is 1. The quantitative estimate of drug-likeness (QED) is 0.784. The van der Waals surface area contributed by atoms with E-state index >= 15 is 0 Å². The zero-order chi connectivity index (χ0) is 15.9. The molecule has 0 aliphatic rings. The molecule has 1 amide bonds. The number of aromatic nitrogens is 1. The molecule has 116 valence electrons. The average molecular weight is 305 g/mol. The van der Waals surface area contributed by atoms with Gasteiger partial charge < -0.3 is 15.6 Å². The van der Waals surface area contributed by atoms with Crippen LogP contribution in [-0.2, 0) is 11.3 Å². The highest BCUT2D eigenvalue weighted by molar-refractivity contribution is 5.84. The van der Waals surface area contributed by atoms with E-state index in [-0.39, 0.29) is 24.5 Å². The second-order valence-electron chi connectivity index (χ2n) is 4.53. The van der Waals surface area contributed by atoms with Gasteiger partial charge in [0.15, 0.2) is 5.82 Å². The van der Waals surface area contributed by atoms with Crippen LogP contribution in [0.4, 0.5) is 14.9 Å². The molecular weight excluding hydrogens is 289 g/mol. The zero-order valence-electron chi connectivity index (χ0n) is 11.7. The first kappa shape index (κ1) is 15.9. The first-order chi connectivity index (χ1) is 10.6. The molecule has 0 spiro atoms. The van der Waals surface area contributed by atoms with E-state index in [0.29, 0.717) is 0 Å². The largest absolute Gasteiger partial charge is 0.444 e. The molecule has 1 unspecified atom stereocenters. The Kier molecular flexibility index (Phi) is 5.40. The van der Waals surface area contributed by atoms with Crippen LogP contribution in [0.3, 0.4) is 0 Å². The Morgan fingerprint density at radius 2 is 2.14 bits per heavy atom. The average Bonchev–Trinajstić information content (AvgIpc) is 2.55. The van der Waals surface area contributed by atoms with Crippen molar-refractivity contribution in [2.24, 2.45) is 5.73 Å². The summed E-state index contributed by atoms with van der Waals surface area (Å²) in [7, 11) is 0. The highest BCUT2D eigenvalue weighted by Crippen LogP contribution is 2.18. The van der Waals surface area contributed by atoms with Gasteiger partial charge in [-0.3, -0.25) is 10.3 Å². The predicted octanol–water partition coefficient (Wildman–Crippen LogP) is 1.96. The number of nitrogens with zero attached hydrogens (tertiary/aromatic N) is 1. The summed E-state index contributed by atoms with van der Waals surface area (Å²) in [6.07, 6.45) is -0.926. The van der Waals surface area contributed by atoms with E-state index in [4.69, 9.17) is 10.5 Å². The van der Waals surface area contributed by atoms with E-state index in [1.807, 2.05) is 18.2 Å². The summed E-state index contributed by atoms with van der Waals surface area (Å²) >= 11 is 0. The summed E-state index contributed by atoms with van der Waals surface area (Å²) in [6.45, 7) is 0.00812. The lowest BCUT2D eigenvalue weighted by molar-refractivity contribution is 0.155. The third-order valence-corrected chi connectivity index (χ3v) is 2.89. The minimum absolute atomic E-state index is 0.0590. The molecule has 0 aliphatic heterocycles. The number of aliphatic hydroxyl groups excluding tert-OH is 1. The Morgan fingerprint density at radius 3 is 2.82 bits per heavy atom. The molecule has 6 nitrogen and oxygen atoms in total. The monoisotopic (exact) mass is 305 g/mol. The first-order valence-electron chi connectivity index (χ1n) is 6.61. The van der Waals surface area contributed by atoms with E-state index in [1.54, 1.807) is 12.1 Å². The van der Waals surface area contributed by atoms with Crippen molar-refractivity contribution in [1.29, 1.82) is 0 Å². The molecule has 4 N–H and O–H groups in total. The number of hydrogen-bond acceptors (Lipinski definition) is 5. The van der Waals surface area contributed by atoms with E-state index in [2.05, 4.69) is 10.3 Å². The fourth-order valence-electron chi connectivity index (χ4n) is 1.72. The lowest BCUT2D eigenvalue weighted by Gasteiger charge is -2.11. The van der Waals surface area contributed by atoms with Crippen LogP contribution < -0.4 is 11.1 Å². The van der Waals surface area contributed by atoms with Gasteiger partial charge in [-0.15, -0.1) is 0 Å². The van der Waals surface area contributed by atoms with Crippen molar-refractivity contribution in [2.45, 2.75) is 12.7 Å². The third kappa shape index (κ3) is 4.24. The highest BCUT2D eigenvalue weighted by Gasteiger charge is 2.13. The number of ether oxygens (including phenoxy) is 1. The normalized spacial score (nSPS) is 11.8. The second-order valence-corrected chi connectivity index (χ2v) is 4.53. The maximum absolute atomic E-state index is 13.6. The summed E-state index contributed by atoms with van der Waals surface area (Å²) < 4.78 is 18.6. The minimum atomic E-state index is -1.03. The van der Waals surface area contributed by atoms with E-state index in [1.165, 1.54) is 6.07 Å². The Hall–Kier alpha value is -2.51. The Labute approximate surface area is 126 Å². The van der Waals surface area contributed by atoms with Crippen LogP contribution >= 0.6 is 0 Å². The molecule has 0 radical (unpaired) electrons. The van der Waals surface area contributed by atoms with Gasteiger partial charge in [-0.1, -0.05) is 30.3 Å². The van der Waals surface area contributed by atoms with Crippen molar-refractivity contribution >= 4 is 11.8 Å². The standard InChI is InChI=1S/C15H16FN3O3/c16-11-8-18-13(14(20)7-17)6-12(11)19-15(21)22-9-10-4-2-1-3-5-10/h1-6,8,14,20H,7,9,17H2,(H,18,19,21). The summed E-state index contributed by atoms with van der Waals surface area (Å²) in [6, 6.07) is 10.3. The summed E-state index contributed by atoms with van der Waals surface area (Å²) in [5.74, 6) is -0.732. The summed E-state index contributed by atoms with van der Waals surface area (Å²) in [5, 5.41) is 11.8. The molecule has 2 rings (SSSR count). The molecule has 0 bridgehead atoms. The molecule has 0 saturated carbocycles. The molecule has 2 aromatic rings. The lowest BCUT2D eigenvalue weighted by atomic mass is 10.2. The van der Waals surface area contributed by atoms with E-state index < -0.39 is 18.0 Å².